The van der Waals surface area contributed by atoms with Gasteiger partial charge in [-0.3, -0.25) is 0 Å². The summed E-state index contributed by atoms with van der Waals surface area (Å²) in [5.41, 5.74) is 0. The highest BCUT2D eigenvalue weighted by Gasteiger charge is 2.29. The predicted molar refractivity (Wildman–Crippen MR) is 38.8 cm³/mol. The minimum atomic E-state index is 0.671. The lowest BCUT2D eigenvalue weighted by molar-refractivity contribution is 0.484. The second-order valence-electron chi connectivity index (χ2n) is 2.60. The molecule has 0 aromatic rings. The molecule has 0 bridgehead atoms. The largest absolute Gasteiger partial charge is 0.340 e. The fraction of sp³-hybridized carbons (Fsp3) is 0.667. The molecule has 1 fully saturated rings. The maximum Gasteiger partial charge on any atom is 0.246 e. The molecule has 1 aliphatic carbocycles. The normalized spacial score (nSPS) is 22.3. The highest BCUT2D eigenvalue weighted by atomic mass is 15.4. The van der Waals surface area contributed by atoms with Crippen LogP contribution in [0.1, 0.15) is 12.8 Å². The Hall–Kier alpha value is -1.06. The number of hydrogen-bond acceptors (Lipinski definition) is 3. The van der Waals surface area contributed by atoms with Gasteiger partial charge in [-0.15, -0.1) is 10.2 Å². The summed E-state index contributed by atoms with van der Waals surface area (Å²) in [6.45, 7) is 0. The molecule has 0 aromatic carbocycles. The molecule has 0 atom stereocenters. The van der Waals surface area contributed by atoms with Crippen molar-refractivity contribution in [3.05, 3.63) is 0 Å². The molecule has 4 heteroatoms. The van der Waals surface area contributed by atoms with Crippen LogP contribution in [0.25, 0.3) is 0 Å². The Balaban J connectivity index is 1.98. The molecule has 1 saturated carbocycles. The lowest BCUT2D eigenvalue weighted by Crippen LogP contribution is -2.33. The van der Waals surface area contributed by atoms with E-state index in [-0.39, 0.29) is 0 Å². The molecule has 0 unspecified atom stereocenters. The van der Waals surface area contributed by atoms with Crippen molar-refractivity contribution >= 4 is 12.3 Å². The van der Waals surface area contributed by atoms with Crippen LogP contribution in [0.5, 0.6) is 0 Å². The van der Waals surface area contributed by atoms with Gasteiger partial charge in [-0.2, -0.15) is 5.32 Å². The van der Waals surface area contributed by atoms with Gasteiger partial charge in [0, 0.05) is 13.1 Å². The Kier molecular flexibility index (Phi) is 1.12. The fourth-order valence-electron chi connectivity index (χ4n) is 0.967. The van der Waals surface area contributed by atoms with Crippen molar-refractivity contribution in [2.24, 2.45) is 10.2 Å². The van der Waals surface area contributed by atoms with Crippen LogP contribution in [-0.4, -0.2) is 30.3 Å². The molecule has 1 aliphatic heterocycles. The molecular weight excluding hydrogens is 128 g/mol. The van der Waals surface area contributed by atoms with Gasteiger partial charge in [-0.05, 0) is 12.8 Å². The van der Waals surface area contributed by atoms with Crippen molar-refractivity contribution in [2.45, 2.75) is 18.9 Å². The highest BCUT2D eigenvalue weighted by molar-refractivity contribution is 5.92. The van der Waals surface area contributed by atoms with Crippen LogP contribution >= 0.6 is 0 Å². The van der Waals surface area contributed by atoms with Gasteiger partial charge in [0.1, 0.15) is 6.34 Å². The van der Waals surface area contributed by atoms with E-state index in [4.69, 9.17) is 0 Å². The number of hydrogen-bond donors (Lipinski definition) is 0. The van der Waals surface area contributed by atoms with Crippen molar-refractivity contribution in [1.29, 1.82) is 0 Å². The van der Waals surface area contributed by atoms with Crippen LogP contribution in [0.15, 0.2) is 10.2 Å². The lowest BCUT2D eigenvalue weighted by atomic mass is 10.6. The van der Waals surface area contributed by atoms with Crippen molar-refractivity contribution in [2.75, 3.05) is 7.05 Å². The first kappa shape index (κ1) is 5.70. The summed E-state index contributed by atoms with van der Waals surface area (Å²) in [5.74, 6) is 0.752. The minimum absolute atomic E-state index is 0.671. The van der Waals surface area contributed by atoms with Gasteiger partial charge in [-0.25, -0.2) is 0 Å². The standard InChI is InChI=1S/C6H9N4/c1-10(5-2-3-5)6-7-4-8-9-6/h4-5H,2-3H2,1H3. The Morgan fingerprint density at radius 3 is 2.90 bits per heavy atom. The molecule has 0 spiro atoms. The van der Waals surface area contributed by atoms with E-state index in [1.54, 1.807) is 0 Å². The molecule has 0 N–H and O–H groups in total. The third-order valence-electron chi connectivity index (χ3n) is 1.78. The molecule has 2 aliphatic rings. The SMILES string of the molecule is CN(C1=NN=C[N]1)C1CC1. The summed E-state index contributed by atoms with van der Waals surface area (Å²) < 4.78 is 0. The van der Waals surface area contributed by atoms with Gasteiger partial charge in [0.15, 0.2) is 0 Å². The van der Waals surface area contributed by atoms with Gasteiger partial charge in [0.05, 0.1) is 0 Å². The average Bonchev–Trinajstić information content (AvgIpc) is 2.65. The summed E-state index contributed by atoms with van der Waals surface area (Å²) in [6.07, 6.45) is 4.02. The highest BCUT2D eigenvalue weighted by Crippen LogP contribution is 2.25. The lowest BCUT2D eigenvalue weighted by Gasteiger charge is -2.14. The molecule has 0 saturated heterocycles. The van der Waals surface area contributed by atoms with Gasteiger partial charge < -0.3 is 4.90 Å². The van der Waals surface area contributed by atoms with Crippen molar-refractivity contribution in [3.63, 3.8) is 0 Å². The topological polar surface area (TPSA) is 42.1 Å². The number of guanidine groups is 1. The van der Waals surface area contributed by atoms with Crippen LogP contribution in [0, 0.1) is 0 Å². The van der Waals surface area contributed by atoms with Crippen molar-refractivity contribution in [1.82, 2.24) is 10.2 Å². The minimum Gasteiger partial charge on any atom is -0.340 e. The molecule has 0 amide bonds. The monoisotopic (exact) mass is 137 g/mol. The second kappa shape index (κ2) is 1.97. The zero-order valence-electron chi connectivity index (χ0n) is 5.86. The summed E-state index contributed by atoms with van der Waals surface area (Å²) >= 11 is 0. The summed E-state index contributed by atoms with van der Waals surface area (Å²) in [6, 6.07) is 0.671. The third kappa shape index (κ3) is 0.853. The molecule has 2 rings (SSSR count). The van der Waals surface area contributed by atoms with Crippen LogP contribution < -0.4 is 5.32 Å². The van der Waals surface area contributed by atoms with E-state index in [0.29, 0.717) is 6.04 Å². The van der Waals surface area contributed by atoms with E-state index in [1.807, 2.05) is 7.05 Å². The van der Waals surface area contributed by atoms with E-state index in [0.717, 1.165) is 5.96 Å². The summed E-state index contributed by atoms with van der Waals surface area (Å²) in [7, 11) is 2.01. The molecule has 1 heterocycles. The van der Waals surface area contributed by atoms with Crippen molar-refractivity contribution < 1.29 is 0 Å². The Labute approximate surface area is 59.6 Å². The van der Waals surface area contributed by atoms with Crippen LogP contribution in [0.4, 0.5) is 0 Å². The summed E-state index contributed by atoms with van der Waals surface area (Å²) in [5, 5.41) is 11.5. The van der Waals surface area contributed by atoms with E-state index in [2.05, 4.69) is 20.4 Å². The van der Waals surface area contributed by atoms with Gasteiger partial charge in [-0.1, -0.05) is 0 Å². The molecule has 1 radical (unpaired) electrons. The van der Waals surface area contributed by atoms with E-state index < -0.39 is 0 Å². The van der Waals surface area contributed by atoms with E-state index in [9.17, 15) is 0 Å². The van der Waals surface area contributed by atoms with Crippen LogP contribution in [0.2, 0.25) is 0 Å². The Bertz CT molecular complexity index is 192. The summed E-state index contributed by atoms with van der Waals surface area (Å²) in [4.78, 5) is 2.08. The zero-order chi connectivity index (χ0) is 6.97. The van der Waals surface area contributed by atoms with Crippen molar-refractivity contribution in [3.8, 4) is 0 Å². The maximum atomic E-state index is 3.98. The first-order valence-electron chi connectivity index (χ1n) is 3.41. The molecular formula is C6H9N4. The molecule has 4 nitrogen and oxygen atoms in total. The molecule has 53 valence electrons. The van der Waals surface area contributed by atoms with E-state index >= 15 is 0 Å². The van der Waals surface area contributed by atoms with Crippen LogP contribution in [-0.2, 0) is 0 Å². The van der Waals surface area contributed by atoms with E-state index in [1.165, 1.54) is 19.2 Å². The average molecular weight is 137 g/mol. The smallest absolute Gasteiger partial charge is 0.246 e. The Morgan fingerprint density at radius 2 is 2.40 bits per heavy atom. The van der Waals surface area contributed by atoms with Gasteiger partial charge >= 0.3 is 0 Å². The molecule has 0 aromatic heterocycles. The second-order valence-corrected chi connectivity index (χ2v) is 2.60. The molecule has 10 heavy (non-hydrogen) atoms. The maximum absolute atomic E-state index is 3.98. The number of nitrogens with zero attached hydrogens (tertiary/aromatic N) is 4. The number of rotatable bonds is 1. The zero-order valence-corrected chi connectivity index (χ0v) is 5.86. The van der Waals surface area contributed by atoms with Gasteiger partial charge in [0.25, 0.3) is 0 Å². The quantitative estimate of drug-likeness (QED) is 0.501. The van der Waals surface area contributed by atoms with Crippen LogP contribution in [0.3, 0.4) is 0 Å². The first-order valence-corrected chi connectivity index (χ1v) is 3.41. The Morgan fingerprint density at radius 1 is 1.60 bits per heavy atom. The predicted octanol–water partition coefficient (Wildman–Crippen LogP) is -0.00210. The fourth-order valence-corrected chi connectivity index (χ4v) is 0.967. The first-order chi connectivity index (χ1) is 4.88. The third-order valence-corrected chi connectivity index (χ3v) is 1.78. The van der Waals surface area contributed by atoms with Gasteiger partial charge in [0.2, 0.25) is 5.96 Å².